The molecule has 2 N–H and O–H groups in total. The molecule has 2 nitrogen and oxygen atoms in total. The molecule has 20 heavy (non-hydrogen) atoms. The van der Waals surface area contributed by atoms with Crippen LogP contribution in [-0.4, -0.2) is 13.1 Å². The maximum absolute atomic E-state index is 6.36. The van der Waals surface area contributed by atoms with Gasteiger partial charge in [0.05, 0.1) is 16.1 Å². The van der Waals surface area contributed by atoms with Crippen molar-refractivity contribution in [2.45, 2.75) is 12.5 Å². The third-order valence-corrected chi connectivity index (χ3v) is 4.70. The highest BCUT2D eigenvalue weighted by Gasteiger charge is 2.27. The molecule has 0 bridgehead atoms. The summed E-state index contributed by atoms with van der Waals surface area (Å²) < 4.78 is 0. The predicted molar refractivity (Wildman–Crippen MR) is 85.7 cm³/mol. The molecule has 1 unspecified atom stereocenters. The van der Waals surface area contributed by atoms with Crippen LogP contribution in [0.3, 0.4) is 0 Å². The molecule has 1 atom stereocenters. The summed E-state index contributed by atoms with van der Waals surface area (Å²) in [7, 11) is 0. The number of anilines is 1. The molecule has 0 aromatic heterocycles. The van der Waals surface area contributed by atoms with Crippen LogP contribution in [0.1, 0.15) is 17.2 Å². The number of nitrogens with zero attached hydrogens (tertiary/aromatic N) is 1. The van der Waals surface area contributed by atoms with Gasteiger partial charge in [-0.05, 0) is 29.7 Å². The number of halogens is 2. The quantitative estimate of drug-likeness (QED) is 0.926. The summed E-state index contributed by atoms with van der Waals surface area (Å²) in [5, 5.41) is 1.18. The minimum absolute atomic E-state index is 0.0600. The van der Waals surface area contributed by atoms with E-state index in [0.717, 1.165) is 18.5 Å². The fraction of sp³-hybridized carbons (Fsp3) is 0.250. The lowest BCUT2D eigenvalue weighted by Crippen LogP contribution is -2.32. The second-order valence-electron chi connectivity index (χ2n) is 4.97. The van der Waals surface area contributed by atoms with Crippen molar-refractivity contribution in [2.24, 2.45) is 5.73 Å². The normalized spacial score (nSPS) is 15.2. The van der Waals surface area contributed by atoms with Crippen LogP contribution in [0, 0.1) is 0 Å². The zero-order valence-electron chi connectivity index (χ0n) is 11.0. The molecule has 4 heteroatoms. The summed E-state index contributed by atoms with van der Waals surface area (Å²) >= 11 is 12.5. The Balaban J connectivity index is 2.02. The smallest absolute Gasteiger partial charge is 0.0680 e. The highest BCUT2D eigenvalue weighted by Crippen LogP contribution is 2.38. The lowest BCUT2D eigenvalue weighted by atomic mass is 10.0. The SMILES string of the molecule is NCC(c1cccc(Cl)c1Cl)N1CCc2ccccc21. The highest BCUT2D eigenvalue weighted by molar-refractivity contribution is 6.42. The van der Waals surface area contributed by atoms with Crippen molar-refractivity contribution in [1.29, 1.82) is 0 Å². The van der Waals surface area contributed by atoms with E-state index in [4.69, 9.17) is 28.9 Å². The summed E-state index contributed by atoms with van der Waals surface area (Å²) in [5.74, 6) is 0. The summed E-state index contributed by atoms with van der Waals surface area (Å²) in [5.41, 5.74) is 9.63. The highest BCUT2D eigenvalue weighted by atomic mass is 35.5. The van der Waals surface area contributed by atoms with Crippen LogP contribution >= 0.6 is 23.2 Å². The summed E-state index contributed by atoms with van der Waals surface area (Å²) in [6, 6.07) is 14.2. The van der Waals surface area contributed by atoms with E-state index in [9.17, 15) is 0 Å². The first kappa shape index (κ1) is 13.7. The molecule has 104 valence electrons. The van der Waals surface area contributed by atoms with Crippen molar-refractivity contribution >= 4 is 28.9 Å². The Morgan fingerprint density at radius 1 is 1.10 bits per heavy atom. The maximum Gasteiger partial charge on any atom is 0.0680 e. The van der Waals surface area contributed by atoms with Crippen LogP contribution in [0.4, 0.5) is 5.69 Å². The Morgan fingerprint density at radius 2 is 1.90 bits per heavy atom. The third kappa shape index (κ3) is 2.28. The van der Waals surface area contributed by atoms with Crippen molar-refractivity contribution in [2.75, 3.05) is 18.0 Å². The lowest BCUT2D eigenvalue weighted by molar-refractivity contribution is 0.649. The monoisotopic (exact) mass is 306 g/mol. The largest absolute Gasteiger partial charge is 0.363 e. The molecule has 0 saturated heterocycles. The molecular weight excluding hydrogens is 291 g/mol. The van der Waals surface area contributed by atoms with E-state index < -0.39 is 0 Å². The average Bonchev–Trinajstić information content (AvgIpc) is 2.88. The number of benzene rings is 2. The standard InChI is InChI=1S/C16H16Cl2N2/c17-13-6-3-5-12(16(13)18)15(10-19)20-9-8-11-4-1-2-7-14(11)20/h1-7,15H,8-10,19H2. The molecule has 1 heterocycles. The lowest BCUT2D eigenvalue weighted by Gasteiger charge is -2.30. The third-order valence-electron chi connectivity index (χ3n) is 3.86. The van der Waals surface area contributed by atoms with Gasteiger partial charge in [0, 0.05) is 18.8 Å². The van der Waals surface area contributed by atoms with Gasteiger partial charge in [0.1, 0.15) is 0 Å². The Kier molecular flexibility index (Phi) is 3.88. The average molecular weight is 307 g/mol. The molecule has 0 amide bonds. The molecule has 2 aromatic carbocycles. The first-order chi connectivity index (χ1) is 9.72. The topological polar surface area (TPSA) is 29.3 Å². The molecule has 2 aromatic rings. The number of nitrogens with two attached hydrogens (primary N) is 1. The van der Waals surface area contributed by atoms with Gasteiger partial charge in [0.25, 0.3) is 0 Å². The molecule has 0 aliphatic carbocycles. The Bertz CT molecular complexity index is 628. The van der Waals surface area contributed by atoms with Gasteiger partial charge in [-0.3, -0.25) is 0 Å². The minimum Gasteiger partial charge on any atom is -0.363 e. The molecular formula is C16H16Cl2N2. The van der Waals surface area contributed by atoms with Crippen molar-refractivity contribution in [3.8, 4) is 0 Å². The number of fused-ring (bicyclic) bond motifs is 1. The minimum atomic E-state index is 0.0600. The van der Waals surface area contributed by atoms with Crippen LogP contribution in [0.2, 0.25) is 10.0 Å². The predicted octanol–water partition coefficient (Wildman–Crippen LogP) is 4.06. The summed E-state index contributed by atoms with van der Waals surface area (Å²) in [6.07, 6.45) is 1.05. The number of hydrogen-bond acceptors (Lipinski definition) is 2. The van der Waals surface area contributed by atoms with Gasteiger partial charge >= 0.3 is 0 Å². The number of para-hydroxylation sites is 1. The van der Waals surface area contributed by atoms with Crippen LogP contribution in [0.25, 0.3) is 0 Å². The molecule has 3 rings (SSSR count). The van der Waals surface area contributed by atoms with Crippen LogP contribution < -0.4 is 10.6 Å². The van der Waals surface area contributed by atoms with E-state index in [2.05, 4.69) is 29.2 Å². The fourth-order valence-corrected chi connectivity index (χ4v) is 3.32. The summed E-state index contributed by atoms with van der Waals surface area (Å²) in [6.45, 7) is 1.47. The Morgan fingerprint density at radius 3 is 2.70 bits per heavy atom. The Labute approximate surface area is 129 Å². The number of rotatable bonds is 3. The van der Waals surface area contributed by atoms with Gasteiger partial charge in [-0.2, -0.15) is 0 Å². The van der Waals surface area contributed by atoms with Crippen LogP contribution in [0.5, 0.6) is 0 Å². The van der Waals surface area contributed by atoms with Gasteiger partial charge in [-0.15, -0.1) is 0 Å². The molecule has 0 spiro atoms. The van der Waals surface area contributed by atoms with Gasteiger partial charge in [0.2, 0.25) is 0 Å². The van der Waals surface area contributed by atoms with E-state index in [1.807, 2.05) is 12.1 Å². The second kappa shape index (κ2) is 5.65. The number of hydrogen-bond donors (Lipinski definition) is 1. The van der Waals surface area contributed by atoms with Crippen LogP contribution in [0.15, 0.2) is 42.5 Å². The zero-order valence-corrected chi connectivity index (χ0v) is 12.5. The van der Waals surface area contributed by atoms with Gasteiger partial charge in [0.15, 0.2) is 0 Å². The molecule has 0 fully saturated rings. The van der Waals surface area contributed by atoms with Crippen molar-refractivity contribution < 1.29 is 0 Å². The molecule has 1 aliphatic rings. The van der Waals surface area contributed by atoms with Crippen molar-refractivity contribution in [3.63, 3.8) is 0 Å². The van der Waals surface area contributed by atoms with Gasteiger partial charge < -0.3 is 10.6 Å². The fourth-order valence-electron chi connectivity index (χ4n) is 2.89. The second-order valence-corrected chi connectivity index (χ2v) is 5.75. The van der Waals surface area contributed by atoms with Gasteiger partial charge in [-0.25, -0.2) is 0 Å². The molecule has 0 saturated carbocycles. The Hall–Kier alpha value is -1.22. The zero-order chi connectivity index (χ0) is 14.1. The molecule has 1 aliphatic heterocycles. The van der Waals surface area contributed by atoms with E-state index in [1.165, 1.54) is 11.3 Å². The summed E-state index contributed by atoms with van der Waals surface area (Å²) in [4.78, 5) is 2.33. The molecule has 0 radical (unpaired) electrons. The van der Waals surface area contributed by atoms with E-state index in [1.54, 1.807) is 6.07 Å². The van der Waals surface area contributed by atoms with Gasteiger partial charge in [-0.1, -0.05) is 53.5 Å². The maximum atomic E-state index is 6.36. The van der Waals surface area contributed by atoms with E-state index >= 15 is 0 Å². The van der Waals surface area contributed by atoms with Crippen molar-refractivity contribution in [3.05, 3.63) is 63.6 Å². The van der Waals surface area contributed by atoms with E-state index in [-0.39, 0.29) is 6.04 Å². The first-order valence-electron chi connectivity index (χ1n) is 6.71. The first-order valence-corrected chi connectivity index (χ1v) is 7.46. The van der Waals surface area contributed by atoms with Crippen LogP contribution in [-0.2, 0) is 6.42 Å². The van der Waals surface area contributed by atoms with E-state index in [0.29, 0.717) is 16.6 Å². The van der Waals surface area contributed by atoms with Crippen molar-refractivity contribution in [1.82, 2.24) is 0 Å².